The molecule has 0 N–H and O–H groups in total. The monoisotopic (exact) mass is 270 g/mol. The molecule has 92 valence electrons. The fraction of sp³-hybridized carbons (Fsp3) is 1.00. The molecule has 0 aliphatic heterocycles. The highest BCUT2D eigenvalue weighted by molar-refractivity contribution is 6.18. The van der Waals surface area contributed by atoms with Gasteiger partial charge in [-0.25, -0.2) is 17.6 Å². The quantitative estimate of drug-likeness (QED) is 0.530. The standard InChI is InChI=1S/C8H12Cl2F4O/c1-7(11,12)5(3-9)15-6(4-10)8(2,13)14/h5-6H,3-4H2,1-2H3. The van der Waals surface area contributed by atoms with E-state index in [-0.39, 0.29) is 0 Å². The minimum absolute atomic E-state index is 0.555. The summed E-state index contributed by atoms with van der Waals surface area (Å²) in [6.45, 7) is 1.11. The average molecular weight is 271 g/mol. The highest BCUT2D eigenvalue weighted by Gasteiger charge is 2.42. The Morgan fingerprint density at radius 1 is 0.933 bits per heavy atom. The van der Waals surface area contributed by atoms with Crippen LogP contribution in [0.3, 0.4) is 0 Å². The highest BCUT2D eigenvalue weighted by Crippen LogP contribution is 2.28. The van der Waals surface area contributed by atoms with Crippen LogP contribution in [0.4, 0.5) is 17.6 Å². The summed E-state index contributed by atoms with van der Waals surface area (Å²) in [4.78, 5) is 0. The van der Waals surface area contributed by atoms with Gasteiger partial charge in [0.15, 0.2) is 0 Å². The third kappa shape index (κ3) is 5.22. The number of ether oxygens (including phenoxy) is 1. The molecule has 7 heteroatoms. The van der Waals surface area contributed by atoms with Gasteiger partial charge in [0.25, 0.3) is 11.8 Å². The third-order valence-electron chi connectivity index (χ3n) is 1.74. The van der Waals surface area contributed by atoms with Crippen LogP contribution < -0.4 is 0 Å². The molecule has 0 amide bonds. The van der Waals surface area contributed by atoms with Gasteiger partial charge in [-0.15, -0.1) is 23.2 Å². The van der Waals surface area contributed by atoms with Gasteiger partial charge >= 0.3 is 0 Å². The van der Waals surface area contributed by atoms with Gasteiger partial charge in [-0.05, 0) is 0 Å². The largest absolute Gasteiger partial charge is 0.360 e. The predicted molar refractivity (Wildman–Crippen MR) is 51.3 cm³/mol. The van der Waals surface area contributed by atoms with Crippen LogP contribution in [-0.4, -0.2) is 35.8 Å². The molecule has 0 aromatic heterocycles. The van der Waals surface area contributed by atoms with E-state index in [2.05, 4.69) is 4.74 Å². The van der Waals surface area contributed by atoms with Crippen LogP contribution in [0, 0.1) is 0 Å². The van der Waals surface area contributed by atoms with E-state index in [0.29, 0.717) is 13.8 Å². The molecule has 0 aromatic carbocycles. The van der Waals surface area contributed by atoms with Gasteiger partial charge in [0, 0.05) is 13.8 Å². The second-order valence-corrected chi connectivity index (χ2v) is 3.95. The lowest BCUT2D eigenvalue weighted by molar-refractivity contribution is -0.188. The maximum Gasteiger partial charge on any atom is 0.272 e. The van der Waals surface area contributed by atoms with E-state index in [1.54, 1.807) is 0 Å². The zero-order valence-corrected chi connectivity index (χ0v) is 9.76. The Hall–Kier alpha value is 0.260. The summed E-state index contributed by atoms with van der Waals surface area (Å²) >= 11 is 10.4. The van der Waals surface area contributed by atoms with Crippen molar-refractivity contribution in [2.75, 3.05) is 11.8 Å². The van der Waals surface area contributed by atoms with Gasteiger partial charge in [0.1, 0.15) is 12.2 Å². The summed E-state index contributed by atoms with van der Waals surface area (Å²) in [5, 5.41) is 0. The molecule has 0 saturated carbocycles. The van der Waals surface area contributed by atoms with Crippen LogP contribution >= 0.6 is 23.2 Å². The maximum absolute atomic E-state index is 12.8. The van der Waals surface area contributed by atoms with Crippen LogP contribution in [0.25, 0.3) is 0 Å². The molecule has 0 fully saturated rings. The van der Waals surface area contributed by atoms with Gasteiger partial charge < -0.3 is 4.74 Å². The number of hydrogen-bond acceptors (Lipinski definition) is 1. The van der Waals surface area contributed by atoms with E-state index >= 15 is 0 Å². The van der Waals surface area contributed by atoms with E-state index in [0.717, 1.165) is 0 Å². The van der Waals surface area contributed by atoms with Gasteiger partial charge in [-0.2, -0.15) is 0 Å². The number of alkyl halides is 6. The van der Waals surface area contributed by atoms with Crippen molar-refractivity contribution >= 4 is 23.2 Å². The minimum Gasteiger partial charge on any atom is -0.360 e. The van der Waals surface area contributed by atoms with Crippen molar-refractivity contribution in [1.82, 2.24) is 0 Å². The van der Waals surface area contributed by atoms with E-state index in [1.165, 1.54) is 0 Å². The normalized spacial score (nSPS) is 17.6. The van der Waals surface area contributed by atoms with Crippen LogP contribution in [0.15, 0.2) is 0 Å². The molecule has 0 bridgehead atoms. The van der Waals surface area contributed by atoms with Crippen LogP contribution in [0.2, 0.25) is 0 Å². The number of hydrogen-bond donors (Lipinski definition) is 0. The molecule has 2 unspecified atom stereocenters. The van der Waals surface area contributed by atoms with Crippen molar-refractivity contribution < 1.29 is 22.3 Å². The third-order valence-corrected chi connectivity index (χ3v) is 2.30. The van der Waals surface area contributed by atoms with Crippen LogP contribution in [-0.2, 0) is 4.74 Å². The minimum atomic E-state index is -3.28. The zero-order chi connectivity index (χ0) is 12.3. The molecule has 0 aliphatic carbocycles. The Bertz CT molecular complexity index is 170. The zero-order valence-electron chi connectivity index (χ0n) is 8.24. The summed E-state index contributed by atoms with van der Waals surface area (Å²) in [7, 11) is 0. The lowest BCUT2D eigenvalue weighted by Gasteiger charge is -2.29. The smallest absolute Gasteiger partial charge is 0.272 e. The Kier molecular flexibility index (Phi) is 5.64. The van der Waals surface area contributed by atoms with E-state index < -0.39 is 35.8 Å². The lowest BCUT2D eigenvalue weighted by Crippen LogP contribution is -2.44. The summed E-state index contributed by atoms with van der Waals surface area (Å²) in [5.41, 5.74) is 0. The molecule has 0 heterocycles. The molecular formula is C8H12Cl2F4O. The van der Waals surface area contributed by atoms with E-state index in [9.17, 15) is 17.6 Å². The second kappa shape index (κ2) is 5.55. The first-order valence-electron chi connectivity index (χ1n) is 4.16. The van der Waals surface area contributed by atoms with Crippen molar-refractivity contribution in [3.05, 3.63) is 0 Å². The first-order valence-corrected chi connectivity index (χ1v) is 5.22. The van der Waals surface area contributed by atoms with Gasteiger partial charge in [-0.1, -0.05) is 0 Å². The molecule has 0 aromatic rings. The Balaban J connectivity index is 4.52. The van der Waals surface area contributed by atoms with Gasteiger partial charge in [0.2, 0.25) is 0 Å². The molecule has 1 nitrogen and oxygen atoms in total. The van der Waals surface area contributed by atoms with Crippen LogP contribution in [0.1, 0.15) is 13.8 Å². The fourth-order valence-electron chi connectivity index (χ4n) is 0.781. The van der Waals surface area contributed by atoms with Gasteiger partial charge in [0.05, 0.1) is 11.8 Å². The van der Waals surface area contributed by atoms with Gasteiger partial charge in [-0.3, -0.25) is 0 Å². The summed E-state index contributed by atoms with van der Waals surface area (Å²) < 4.78 is 55.6. The molecule has 15 heavy (non-hydrogen) atoms. The SMILES string of the molecule is CC(F)(F)C(CCl)OC(CCl)C(C)(F)F. The average Bonchev–Trinajstić information content (AvgIpc) is 2.01. The number of rotatable bonds is 6. The molecule has 0 aliphatic rings. The van der Waals surface area contributed by atoms with Crippen molar-refractivity contribution in [2.45, 2.75) is 37.9 Å². The van der Waals surface area contributed by atoms with E-state index in [1.807, 2.05) is 0 Å². The molecule has 0 radical (unpaired) electrons. The molecule has 2 atom stereocenters. The first kappa shape index (κ1) is 15.3. The Labute approximate surface area is 95.7 Å². The molecule has 0 rings (SSSR count). The highest BCUT2D eigenvalue weighted by atomic mass is 35.5. The predicted octanol–water partition coefficient (Wildman–Crippen LogP) is 3.53. The van der Waals surface area contributed by atoms with Crippen LogP contribution in [0.5, 0.6) is 0 Å². The van der Waals surface area contributed by atoms with Crippen molar-refractivity contribution in [3.8, 4) is 0 Å². The topological polar surface area (TPSA) is 9.23 Å². The Morgan fingerprint density at radius 3 is 1.33 bits per heavy atom. The fourth-order valence-corrected chi connectivity index (χ4v) is 1.47. The maximum atomic E-state index is 12.8. The second-order valence-electron chi connectivity index (χ2n) is 3.33. The molecular weight excluding hydrogens is 259 g/mol. The number of halogens is 6. The lowest BCUT2D eigenvalue weighted by atomic mass is 10.2. The van der Waals surface area contributed by atoms with Crippen molar-refractivity contribution in [2.24, 2.45) is 0 Å². The first-order chi connectivity index (χ1) is 6.62. The molecule has 0 saturated heterocycles. The molecule has 0 spiro atoms. The van der Waals surface area contributed by atoms with Crippen molar-refractivity contribution in [3.63, 3.8) is 0 Å². The van der Waals surface area contributed by atoms with Crippen molar-refractivity contribution in [1.29, 1.82) is 0 Å². The summed E-state index contributed by atoms with van der Waals surface area (Å²) in [6.07, 6.45) is -3.54. The van der Waals surface area contributed by atoms with E-state index in [4.69, 9.17) is 23.2 Å². The summed E-state index contributed by atoms with van der Waals surface area (Å²) in [5.74, 6) is -7.71. The summed E-state index contributed by atoms with van der Waals surface area (Å²) in [6, 6.07) is 0. The Morgan fingerprint density at radius 2 is 1.20 bits per heavy atom.